The molecule has 0 heterocycles. The van der Waals surface area contributed by atoms with Crippen molar-refractivity contribution in [3.63, 3.8) is 0 Å². The molecule has 1 aromatic rings. The van der Waals surface area contributed by atoms with Crippen molar-refractivity contribution in [3.05, 3.63) is 24.8 Å². The van der Waals surface area contributed by atoms with Crippen LogP contribution in [0.25, 0.3) is 0 Å². The van der Waals surface area contributed by atoms with E-state index in [4.69, 9.17) is 14.2 Å². The zero-order valence-electron chi connectivity index (χ0n) is 19.9. The van der Waals surface area contributed by atoms with Crippen LogP contribution in [0.1, 0.15) is 57.8 Å². The Balaban J connectivity index is 2.65. The number of phenols is 1. The van der Waals surface area contributed by atoms with Crippen LogP contribution >= 0.6 is 45.2 Å². The van der Waals surface area contributed by atoms with Gasteiger partial charge in [-0.1, -0.05) is 6.92 Å². The van der Waals surface area contributed by atoms with Crippen molar-refractivity contribution < 1.29 is 43.9 Å². The van der Waals surface area contributed by atoms with E-state index in [1.165, 1.54) is 13.0 Å². The van der Waals surface area contributed by atoms with Crippen LogP contribution in [-0.4, -0.2) is 65.3 Å². The number of aliphatic hydroxyl groups is 2. The molecule has 0 amide bonds. The van der Waals surface area contributed by atoms with E-state index in [0.29, 0.717) is 9.99 Å². The quantitative estimate of drug-likeness (QED) is 0.170. The molecule has 11 heteroatoms. The molecule has 0 aromatic heterocycles. The van der Waals surface area contributed by atoms with Crippen LogP contribution in [0.4, 0.5) is 0 Å². The van der Waals surface area contributed by atoms with Crippen LogP contribution < -0.4 is 0 Å². The molecule has 192 valence electrons. The molecule has 0 aliphatic rings. The number of ether oxygens (including phenoxy) is 3. The predicted octanol–water partition coefficient (Wildman–Crippen LogP) is 3.42. The summed E-state index contributed by atoms with van der Waals surface area (Å²) >= 11 is 3.90. The summed E-state index contributed by atoms with van der Waals surface area (Å²) in [7, 11) is 0. The average Bonchev–Trinajstić information content (AvgIpc) is 2.75. The number of aromatic hydroxyl groups is 1. The predicted molar refractivity (Wildman–Crippen MR) is 140 cm³/mol. The third kappa shape index (κ3) is 9.11. The van der Waals surface area contributed by atoms with Crippen molar-refractivity contribution >= 4 is 63.1 Å². The van der Waals surface area contributed by atoms with E-state index in [0.717, 1.165) is 3.57 Å². The minimum Gasteiger partial charge on any atom is -0.506 e. The maximum atomic E-state index is 12.7. The molecule has 0 bridgehead atoms. The lowest BCUT2D eigenvalue weighted by Gasteiger charge is -2.34. The van der Waals surface area contributed by atoms with Gasteiger partial charge in [0.05, 0.1) is 20.5 Å². The molecule has 0 aliphatic heterocycles. The van der Waals surface area contributed by atoms with Crippen LogP contribution in [-0.2, 0) is 23.8 Å². The number of carbonyl (C=O) groups is 3. The smallest absolute Gasteiger partial charge is 0.342 e. The molecule has 9 nitrogen and oxygen atoms in total. The van der Waals surface area contributed by atoms with Gasteiger partial charge in [-0.05, 0) is 97.9 Å². The minimum atomic E-state index is -1.28. The second-order valence-corrected chi connectivity index (χ2v) is 11.5. The standard InChI is InChI=1S/C23H32I2O9/c1-6-23(5,21(31)33-9-13(2)26)12-22(3,4)20(30)34-11-15(27)10-32-19(29)16-7-14(24)8-17(25)18(16)28/h7-8,13,15,26-28H,6,9-12H2,1-5H3. The summed E-state index contributed by atoms with van der Waals surface area (Å²) in [4.78, 5) is 37.4. The highest BCUT2D eigenvalue weighted by Gasteiger charge is 2.43. The molecule has 0 fully saturated rings. The lowest BCUT2D eigenvalue weighted by molar-refractivity contribution is -0.166. The normalized spacial score (nSPS) is 15.1. The number of aliphatic hydroxyl groups excluding tert-OH is 2. The number of hydrogen-bond acceptors (Lipinski definition) is 9. The summed E-state index contributed by atoms with van der Waals surface area (Å²) in [5, 5.41) is 29.5. The summed E-state index contributed by atoms with van der Waals surface area (Å²) in [5.41, 5.74) is -2.07. The Kier molecular flexibility index (Phi) is 12.0. The van der Waals surface area contributed by atoms with Crippen molar-refractivity contribution in [2.45, 2.75) is 59.7 Å². The minimum absolute atomic E-state index is 0.0250. The maximum Gasteiger partial charge on any atom is 0.342 e. The third-order valence-corrected chi connectivity index (χ3v) is 6.62. The third-order valence-electron chi connectivity index (χ3n) is 5.18. The number of carbonyl (C=O) groups excluding carboxylic acids is 3. The number of benzene rings is 1. The molecule has 34 heavy (non-hydrogen) atoms. The first-order chi connectivity index (χ1) is 15.6. The highest BCUT2D eigenvalue weighted by molar-refractivity contribution is 14.1. The van der Waals surface area contributed by atoms with Crippen LogP contribution in [0.2, 0.25) is 0 Å². The molecule has 0 spiro atoms. The first-order valence-electron chi connectivity index (χ1n) is 10.7. The number of hydrogen-bond donors (Lipinski definition) is 3. The molecule has 0 aliphatic carbocycles. The number of phenolic OH excluding ortho intramolecular Hbond substituents is 1. The van der Waals surface area contributed by atoms with Gasteiger partial charge in [-0.2, -0.15) is 0 Å². The highest BCUT2D eigenvalue weighted by Crippen LogP contribution is 2.38. The van der Waals surface area contributed by atoms with E-state index in [9.17, 15) is 29.7 Å². The van der Waals surface area contributed by atoms with Gasteiger partial charge >= 0.3 is 17.9 Å². The topological polar surface area (TPSA) is 140 Å². The van der Waals surface area contributed by atoms with Crippen LogP contribution in [0.15, 0.2) is 12.1 Å². The fourth-order valence-electron chi connectivity index (χ4n) is 3.15. The first-order valence-corrected chi connectivity index (χ1v) is 12.8. The highest BCUT2D eigenvalue weighted by atomic mass is 127. The van der Waals surface area contributed by atoms with Gasteiger partial charge in [0, 0.05) is 3.57 Å². The molecule has 0 radical (unpaired) electrons. The number of halogens is 2. The van der Waals surface area contributed by atoms with E-state index in [1.807, 2.05) is 45.2 Å². The van der Waals surface area contributed by atoms with Crippen molar-refractivity contribution in [2.75, 3.05) is 19.8 Å². The Morgan fingerprint density at radius 2 is 1.53 bits per heavy atom. The monoisotopic (exact) mass is 706 g/mol. The molecule has 3 unspecified atom stereocenters. The summed E-state index contributed by atoms with van der Waals surface area (Å²) in [6.45, 7) is 7.25. The Bertz CT molecular complexity index is 885. The maximum absolute atomic E-state index is 12.7. The van der Waals surface area contributed by atoms with Crippen molar-refractivity contribution in [1.82, 2.24) is 0 Å². The van der Waals surface area contributed by atoms with E-state index in [1.54, 1.807) is 33.8 Å². The fraction of sp³-hybridized carbons (Fsp3) is 0.609. The SMILES string of the molecule is CCC(C)(CC(C)(C)C(=O)OCC(O)COC(=O)c1cc(I)cc(I)c1O)C(=O)OCC(C)O. The van der Waals surface area contributed by atoms with Crippen LogP contribution in [0.3, 0.4) is 0 Å². The summed E-state index contributed by atoms with van der Waals surface area (Å²) in [6, 6.07) is 3.16. The summed E-state index contributed by atoms with van der Waals surface area (Å²) < 4.78 is 16.6. The zero-order chi connectivity index (χ0) is 26.3. The Hall–Kier alpha value is -1.19. The molecule has 3 N–H and O–H groups in total. The second kappa shape index (κ2) is 13.2. The molecule has 0 saturated heterocycles. The van der Waals surface area contributed by atoms with Gasteiger partial charge in [-0.15, -0.1) is 0 Å². The lowest BCUT2D eigenvalue weighted by Crippen LogP contribution is -2.40. The first kappa shape index (κ1) is 30.8. The summed E-state index contributed by atoms with van der Waals surface area (Å²) in [5.74, 6) is -2.17. The Morgan fingerprint density at radius 3 is 2.09 bits per heavy atom. The molecular weight excluding hydrogens is 674 g/mol. The molecular formula is C23H32I2O9. The largest absolute Gasteiger partial charge is 0.506 e. The zero-order valence-corrected chi connectivity index (χ0v) is 24.2. The molecule has 0 saturated carbocycles. The van der Waals surface area contributed by atoms with Crippen molar-refractivity contribution in [3.8, 4) is 5.75 Å². The Morgan fingerprint density at radius 1 is 0.971 bits per heavy atom. The molecule has 1 aromatic carbocycles. The fourth-order valence-corrected chi connectivity index (χ4v) is 4.99. The Labute approximate surface area is 226 Å². The molecule has 3 atom stereocenters. The van der Waals surface area contributed by atoms with Crippen LogP contribution in [0, 0.1) is 18.0 Å². The number of rotatable bonds is 12. The second-order valence-electron chi connectivity index (χ2n) is 9.06. The van der Waals surface area contributed by atoms with Gasteiger partial charge in [0.15, 0.2) is 0 Å². The van der Waals surface area contributed by atoms with Crippen molar-refractivity contribution in [2.24, 2.45) is 10.8 Å². The lowest BCUT2D eigenvalue weighted by atomic mass is 9.72. The van der Waals surface area contributed by atoms with Gasteiger partial charge in [0.1, 0.15) is 37.2 Å². The van der Waals surface area contributed by atoms with Gasteiger partial charge < -0.3 is 29.5 Å². The average molecular weight is 706 g/mol. The van der Waals surface area contributed by atoms with Gasteiger partial charge in [-0.3, -0.25) is 9.59 Å². The number of esters is 3. The van der Waals surface area contributed by atoms with Gasteiger partial charge in [0.2, 0.25) is 0 Å². The van der Waals surface area contributed by atoms with Crippen molar-refractivity contribution in [1.29, 1.82) is 0 Å². The van der Waals surface area contributed by atoms with E-state index >= 15 is 0 Å². The van der Waals surface area contributed by atoms with E-state index < -0.39 is 54.2 Å². The van der Waals surface area contributed by atoms with Gasteiger partial charge in [0.25, 0.3) is 0 Å². The van der Waals surface area contributed by atoms with Crippen LogP contribution in [0.5, 0.6) is 5.75 Å². The van der Waals surface area contributed by atoms with E-state index in [-0.39, 0.29) is 24.3 Å². The van der Waals surface area contributed by atoms with Gasteiger partial charge in [-0.25, -0.2) is 4.79 Å². The summed E-state index contributed by atoms with van der Waals surface area (Å²) in [6.07, 6.45) is -1.53. The molecule has 1 rings (SSSR count). The van der Waals surface area contributed by atoms with E-state index in [2.05, 4.69) is 0 Å².